The summed E-state index contributed by atoms with van der Waals surface area (Å²) >= 11 is 0. The predicted octanol–water partition coefficient (Wildman–Crippen LogP) is 1.42. The highest BCUT2D eigenvalue weighted by Gasteiger charge is 2.28. The molecule has 2 N–H and O–H groups in total. The van der Waals surface area contributed by atoms with Crippen LogP contribution >= 0.6 is 0 Å². The van der Waals surface area contributed by atoms with Gasteiger partial charge in [-0.05, 0) is 37.4 Å². The van der Waals surface area contributed by atoms with Crippen molar-refractivity contribution in [2.24, 2.45) is 5.92 Å². The summed E-state index contributed by atoms with van der Waals surface area (Å²) < 4.78 is 23.4. The Labute approximate surface area is 119 Å². The Morgan fingerprint density at radius 1 is 1.35 bits per heavy atom. The number of piperidine rings is 1. The predicted molar refractivity (Wildman–Crippen MR) is 78.4 cm³/mol. The van der Waals surface area contributed by atoms with Gasteiger partial charge in [0.1, 0.15) is 0 Å². The van der Waals surface area contributed by atoms with Gasteiger partial charge in [-0.1, -0.05) is 19.1 Å². The molecule has 1 fully saturated rings. The summed E-state index contributed by atoms with van der Waals surface area (Å²) in [5.41, 5.74) is 0.347. The maximum absolute atomic E-state index is 12.3. The smallest absolute Gasteiger partial charge is 0.241 e. The van der Waals surface area contributed by atoms with E-state index in [1.54, 1.807) is 18.2 Å². The van der Waals surface area contributed by atoms with Crippen molar-refractivity contribution in [3.05, 3.63) is 24.3 Å². The maximum Gasteiger partial charge on any atom is 0.241 e. The molecule has 1 aliphatic heterocycles. The molecule has 5 nitrogen and oxygen atoms in total. The fourth-order valence-corrected chi connectivity index (χ4v) is 3.35. The van der Waals surface area contributed by atoms with Crippen molar-refractivity contribution >= 4 is 21.4 Å². The van der Waals surface area contributed by atoms with E-state index in [0.717, 1.165) is 25.6 Å². The van der Waals surface area contributed by atoms with E-state index in [1.165, 1.54) is 6.07 Å². The number of hydrogen-bond acceptors (Lipinski definition) is 4. The number of hydrogen-bond donors (Lipinski definition) is 2. The molecular weight excluding hydrogens is 276 g/mol. The molecule has 1 aliphatic rings. The minimum Gasteiger partial charge on any atom is -0.324 e. The monoisotopic (exact) mass is 296 g/mol. The van der Waals surface area contributed by atoms with Crippen LogP contribution in [0.5, 0.6) is 0 Å². The first kappa shape index (κ1) is 15.0. The molecule has 6 heteroatoms. The van der Waals surface area contributed by atoms with Crippen molar-refractivity contribution in [3.63, 3.8) is 0 Å². The average molecular weight is 296 g/mol. The van der Waals surface area contributed by atoms with Gasteiger partial charge in [0.15, 0.2) is 9.84 Å². The summed E-state index contributed by atoms with van der Waals surface area (Å²) in [7, 11) is -3.36. The van der Waals surface area contributed by atoms with E-state index in [0.29, 0.717) is 5.69 Å². The third kappa shape index (κ3) is 3.37. The van der Waals surface area contributed by atoms with Gasteiger partial charge in [-0.3, -0.25) is 4.79 Å². The lowest BCUT2D eigenvalue weighted by molar-refractivity contribution is -0.119. The molecule has 1 aromatic rings. The zero-order chi connectivity index (χ0) is 14.8. The van der Waals surface area contributed by atoms with Crippen molar-refractivity contribution in [1.29, 1.82) is 0 Å². The normalized spacial score (nSPS) is 23.3. The van der Waals surface area contributed by atoms with Crippen molar-refractivity contribution in [3.8, 4) is 0 Å². The summed E-state index contributed by atoms with van der Waals surface area (Å²) in [5, 5.41) is 5.92. The molecule has 0 saturated carbocycles. The number of para-hydroxylation sites is 1. The topological polar surface area (TPSA) is 75.3 Å². The number of rotatable bonds is 3. The summed E-state index contributed by atoms with van der Waals surface area (Å²) in [6, 6.07) is 6.20. The van der Waals surface area contributed by atoms with Crippen LogP contribution in [0.2, 0.25) is 0 Å². The van der Waals surface area contributed by atoms with E-state index < -0.39 is 9.84 Å². The van der Waals surface area contributed by atoms with Gasteiger partial charge >= 0.3 is 0 Å². The van der Waals surface area contributed by atoms with Gasteiger partial charge in [-0.25, -0.2) is 8.42 Å². The molecule has 0 aliphatic carbocycles. The molecule has 0 spiro atoms. The maximum atomic E-state index is 12.3. The van der Waals surface area contributed by atoms with E-state index in [2.05, 4.69) is 10.6 Å². The SMILES string of the molecule is CC1CCCNC1C(=O)Nc1ccccc1S(C)(=O)=O. The first-order valence-electron chi connectivity index (χ1n) is 6.73. The standard InChI is InChI=1S/C14H20N2O3S/c1-10-6-5-9-15-13(10)14(17)16-11-7-3-4-8-12(11)20(2,18)19/h3-4,7-8,10,13,15H,5-6,9H2,1-2H3,(H,16,17). The Hall–Kier alpha value is -1.40. The Balaban J connectivity index is 2.20. The largest absolute Gasteiger partial charge is 0.324 e. The Bertz CT molecular complexity index is 598. The van der Waals surface area contributed by atoms with Gasteiger partial charge < -0.3 is 10.6 Å². The number of benzene rings is 1. The lowest BCUT2D eigenvalue weighted by Crippen LogP contribution is -2.48. The van der Waals surface area contributed by atoms with Gasteiger partial charge in [-0.2, -0.15) is 0 Å². The third-order valence-electron chi connectivity index (χ3n) is 3.60. The second-order valence-electron chi connectivity index (χ2n) is 5.31. The van der Waals surface area contributed by atoms with E-state index in [9.17, 15) is 13.2 Å². The fraction of sp³-hybridized carbons (Fsp3) is 0.500. The van der Waals surface area contributed by atoms with Crippen molar-refractivity contribution in [2.45, 2.75) is 30.7 Å². The van der Waals surface area contributed by atoms with Crippen LogP contribution in [0.25, 0.3) is 0 Å². The second kappa shape index (κ2) is 5.93. The van der Waals surface area contributed by atoms with Gasteiger partial charge in [0.05, 0.1) is 16.6 Å². The molecule has 0 aromatic heterocycles. The summed E-state index contributed by atoms with van der Waals surface area (Å²) in [4.78, 5) is 12.4. The Kier molecular flexibility index (Phi) is 4.45. The van der Waals surface area contributed by atoms with Crippen molar-refractivity contribution in [2.75, 3.05) is 18.1 Å². The number of nitrogens with one attached hydrogen (secondary N) is 2. The number of carbonyl (C=O) groups excluding carboxylic acids is 1. The molecule has 1 amide bonds. The highest BCUT2D eigenvalue weighted by atomic mass is 32.2. The molecule has 1 aromatic carbocycles. The highest BCUT2D eigenvalue weighted by molar-refractivity contribution is 7.90. The summed E-state index contributed by atoms with van der Waals surface area (Å²) in [5.74, 6) is 0.0717. The number of amides is 1. The minimum absolute atomic E-state index is 0.150. The van der Waals surface area contributed by atoms with Crippen LogP contribution in [0.4, 0.5) is 5.69 Å². The van der Waals surface area contributed by atoms with Crippen LogP contribution < -0.4 is 10.6 Å². The quantitative estimate of drug-likeness (QED) is 0.884. The lowest BCUT2D eigenvalue weighted by Gasteiger charge is -2.29. The molecule has 0 radical (unpaired) electrons. The Morgan fingerprint density at radius 3 is 2.70 bits per heavy atom. The van der Waals surface area contributed by atoms with Crippen LogP contribution in [0.15, 0.2) is 29.2 Å². The van der Waals surface area contributed by atoms with Crippen LogP contribution in [0.3, 0.4) is 0 Å². The molecule has 0 bridgehead atoms. The van der Waals surface area contributed by atoms with Crippen molar-refractivity contribution < 1.29 is 13.2 Å². The van der Waals surface area contributed by atoms with Gasteiger partial charge in [-0.15, -0.1) is 0 Å². The molecule has 20 heavy (non-hydrogen) atoms. The van der Waals surface area contributed by atoms with E-state index in [-0.39, 0.29) is 22.8 Å². The second-order valence-corrected chi connectivity index (χ2v) is 7.29. The number of anilines is 1. The third-order valence-corrected chi connectivity index (χ3v) is 4.75. The number of sulfone groups is 1. The van der Waals surface area contributed by atoms with E-state index in [1.807, 2.05) is 6.92 Å². The Morgan fingerprint density at radius 2 is 2.05 bits per heavy atom. The fourth-order valence-electron chi connectivity index (χ4n) is 2.50. The first-order valence-corrected chi connectivity index (χ1v) is 8.62. The molecule has 1 saturated heterocycles. The summed E-state index contributed by atoms with van der Waals surface area (Å²) in [6.07, 6.45) is 3.20. The molecule has 2 atom stereocenters. The molecular formula is C14H20N2O3S. The van der Waals surface area contributed by atoms with Crippen LogP contribution in [-0.4, -0.2) is 33.2 Å². The van der Waals surface area contributed by atoms with Gasteiger partial charge in [0, 0.05) is 6.26 Å². The van der Waals surface area contributed by atoms with E-state index >= 15 is 0 Å². The lowest BCUT2D eigenvalue weighted by atomic mass is 9.92. The van der Waals surface area contributed by atoms with Crippen LogP contribution in [0.1, 0.15) is 19.8 Å². The van der Waals surface area contributed by atoms with Crippen LogP contribution in [0, 0.1) is 5.92 Å². The zero-order valence-corrected chi connectivity index (χ0v) is 12.5. The van der Waals surface area contributed by atoms with Crippen molar-refractivity contribution in [1.82, 2.24) is 5.32 Å². The summed E-state index contributed by atoms with van der Waals surface area (Å²) in [6.45, 7) is 2.84. The molecule has 2 rings (SSSR count). The molecule has 110 valence electrons. The first-order chi connectivity index (χ1) is 9.39. The molecule has 2 unspecified atom stereocenters. The number of carbonyl (C=O) groups is 1. The van der Waals surface area contributed by atoms with Gasteiger partial charge in [0.2, 0.25) is 5.91 Å². The van der Waals surface area contributed by atoms with E-state index in [4.69, 9.17) is 0 Å². The zero-order valence-electron chi connectivity index (χ0n) is 11.7. The van der Waals surface area contributed by atoms with Crippen LogP contribution in [-0.2, 0) is 14.6 Å². The van der Waals surface area contributed by atoms with Gasteiger partial charge in [0.25, 0.3) is 0 Å². The average Bonchev–Trinajstić information content (AvgIpc) is 2.38. The minimum atomic E-state index is -3.36. The molecule has 1 heterocycles. The highest BCUT2D eigenvalue weighted by Crippen LogP contribution is 2.22.